The fourth-order valence-electron chi connectivity index (χ4n) is 1.45. The van der Waals surface area contributed by atoms with Crippen LogP contribution in [0.5, 0.6) is 5.75 Å². The lowest BCUT2D eigenvalue weighted by Crippen LogP contribution is -2.13. The van der Waals surface area contributed by atoms with Crippen LogP contribution in [-0.4, -0.2) is 26.4 Å². The van der Waals surface area contributed by atoms with Crippen molar-refractivity contribution in [2.24, 2.45) is 0 Å². The van der Waals surface area contributed by atoms with Crippen molar-refractivity contribution in [1.29, 1.82) is 0 Å². The lowest BCUT2D eigenvalue weighted by Gasteiger charge is -2.13. The Labute approximate surface area is 123 Å². The second-order valence-electron chi connectivity index (χ2n) is 4.06. The third-order valence-corrected chi connectivity index (χ3v) is 4.51. The first-order valence-corrected chi connectivity index (χ1v) is 7.62. The molecule has 124 valence electrons. The maximum atomic E-state index is 13.1. The lowest BCUT2D eigenvalue weighted by atomic mass is 10.2. The minimum absolute atomic E-state index is 0.299. The Kier molecular flexibility index (Phi) is 6.10. The van der Waals surface area contributed by atoms with Gasteiger partial charge in [-0.15, -0.1) is 0 Å². The molecule has 0 saturated heterocycles. The zero-order valence-corrected chi connectivity index (χ0v) is 12.5. The first kappa shape index (κ1) is 18.6. The summed E-state index contributed by atoms with van der Waals surface area (Å²) < 4.78 is 76.1. The zero-order chi connectivity index (χ0) is 17.0. The minimum Gasteiger partial charge on any atom is -0.426 e. The number of benzene rings is 1. The van der Waals surface area contributed by atoms with E-state index in [0.717, 1.165) is 20.3 Å². The van der Waals surface area contributed by atoms with Crippen LogP contribution in [0, 0.1) is 5.82 Å². The molecule has 0 heterocycles. The average molecular weight is 344 g/mol. The summed E-state index contributed by atoms with van der Waals surface area (Å²) in [5.74, 6) is -2.90. The number of carbonyl (C=O) groups excluding carboxylic acids is 1. The number of rotatable bonds is 6. The van der Waals surface area contributed by atoms with Crippen molar-refractivity contribution in [1.82, 2.24) is 0 Å². The third-order valence-electron chi connectivity index (χ3n) is 2.62. The monoisotopic (exact) mass is 344 g/mol. The van der Waals surface area contributed by atoms with Gasteiger partial charge in [-0.1, -0.05) is 0 Å². The number of esters is 1. The van der Waals surface area contributed by atoms with Crippen molar-refractivity contribution in [2.75, 3.05) is 20.4 Å². The number of carbonyl (C=O) groups is 1. The van der Waals surface area contributed by atoms with Crippen LogP contribution in [0.25, 0.3) is 0 Å². The van der Waals surface area contributed by atoms with E-state index in [2.05, 4.69) is 13.8 Å². The third kappa shape index (κ3) is 5.08. The predicted octanol–water partition coefficient (Wildman–Crippen LogP) is 3.63. The van der Waals surface area contributed by atoms with Gasteiger partial charge in [0.15, 0.2) is 0 Å². The van der Waals surface area contributed by atoms with Crippen molar-refractivity contribution < 1.29 is 40.7 Å². The van der Waals surface area contributed by atoms with Crippen LogP contribution >= 0.6 is 7.60 Å². The maximum absolute atomic E-state index is 13.1. The molecule has 1 aromatic carbocycles. The Morgan fingerprint density at radius 3 is 2.32 bits per heavy atom. The normalized spacial score (nSPS) is 12.3. The van der Waals surface area contributed by atoms with E-state index in [1.165, 1.54) is 0 Å². The van der Waals surface area contributed by atoms with Crippen LogP contribution in [0.2, 0.25) is 0 Å². The molecule has 0 radical (unpaired) electrons. The first-order valence-electron chi connectivity index (χ1n) is 5.89. The summed E-state index contributed by atoms with van der Waals surface area (Å²) in [6.07, 6.45) is -5.61. The highest BCUT2D eigenvalue weighted by atomic mass is 31.2. The second kappa shape index (κ2) is 7.21. The fraction of sp³-hybridized carbons (Fsp3) is 0.417. The summed E-state index contributed by atoms with van der Waals surface area (Å²) >= 11 is 0. The van der Waals surface area contributed by atoms with Crippen LogP contribution in [0.3, 0.4) is 0 Å². The fourth-order valence-corrected chi connectivity index (χ4v) is 2.42. The molecule has 0 atom stereocenters. The molecule has 22 heavy (non-hydrogen) atoms. The van der Waals surface area contributed by atoms with Gasteiger partial charge in [0.2, 0.25) is 0 Å². The van der Waals surface area contributed by atoms with E-state index in [9.17, 15) is 26.9 Å². The van der Waals surface area contributed by atoms with Gasteiger partial charge in [0, 0.05) is 14.2 Å². The van der Waals surface area contributed by atoms with E-state index < -0.39 is 43.3 Å². The molecular weight excluding hydrogens is 331 g/mol. The predicted molar refractivity (Wildman–Crippen MR) is 68.1 cm³/mol. The van der Waals surface area contributed by atoms with Crippen LogP contribution in [-0.2, 0) is 24.6 Å². The van der Waals surface area contributed by atoms with Crippen LogP contribution in [0.1, 0.15) is 12.0 Å². The first-order chi connectivity index (χ1) is 10.1. The number of ether oxygens (including phenoxy) is 1. The maximum Gasteiger partial charge on any atom is 0.419 e. The molecule has 0 spiro atoms. The highest BCUT2D eigenvalue weighted by molar-refractivity contribution is 7.53. The van der Waals surface area contributed by atoms with Gasteiger partial charge in [0.05, 0.1) is 18.1 Å². The summed E-state index contributed by atoms with van der Waals surface area (Å²) in [5.41, 5.74) is -1.54. The molecule has 0 fully saturated rings. The Balaban J connectivity index is 2.76. The number of halogens is 4. The van der Waals surface area contributed by atoms with E-state index in [4.69, 9.17) is 0 Å². The van der Waals surface area contributed by atoms with E-state index >= 15 is 0 Å². The summed E-state index contributed by atoms with van der Waals surface area (Å²) in [7, 11) is -1.16. The van der Waals surface area contributed by atoms with Gasteiger partial charge in [-0.2, -0.15) is 13.2 Å². The molecule has 10 heteroatoms. The van der Waals surface area contributed by atoms with Crippen molar-refractivity contribution in [2.45, 2.75) is 12.6 Å². The van der Waals surface area contributed by atoms with Crippen molar-refractivity contribution >= 4 is 13.6 Å². The second-order valence-corrected chi connectivity index (χ2v) is 6.46. The Morgan fingerprint density at radius 1 is 1.23 bits per heavy atom. The molecule has 0 N–H and O–H groups in total. The summed E-state index contributed by atoms with van der Waals surface area (Å²) in [6, 6.07) is 1.80. The molecule has 0 bridgehead atoms. The molecule has 0 aliphatic carbocycles. The van der Waals surface area contributed by atoms with Crippen molar-refractivity contribution in [3.8, 4) is 5.75 Å². The van der Waals surface area contributed by atoms with Gasteiger partial charge >= 0.3 is 19.7 Å². The Hall–Kier alpha value is -1.44. The van der Waals surface area contributed by atoms with Crippen LogP contribution < -0.4 is 4.74 Å². The zero-order valence-electron chi connectivity index (χ0n) is 11.6. The number of hydrogen-bond acceptors (Lipinski definition) is 5. The molecule has 0 aliphatic rings. The molecular formula is C12H13F4O5P. The standard InChI is InChI=1S/C12H13F4O5P/c1-19-22(18,20-2)6-5-11(17)21-8-3-4-10(13)9(7-8)12(14,15)16/h3-4,7H,5-6H2,1-2H3. The van der Waals surface area contributed by atoms with E-state index in [0.29, 0.717) is 12.1 Å². The average Bonchev–Trinajstić information content (AvgIpc) is 2.45. The van der Waals surface area contributed by atoms with Gasteiger partial charge in [-0.05, 0) is 18.2 Å². The molecule has 0 saturated carbocycles. The van der Waals surface area contributed by atoms with Crippen molar-refractivity contribution in [3.63, 3.8) is 0 Å². The quantitative estimate of drug-likeness (QED) is 0.341. The van der Waals surface area contributed by atoms with Gasteiger partial charge < -0.3 is 13.8 Å². The molecule has 0 aromatic heterocycles. The van der Waals surface area contributed by atoms with Gasteiger partial charge in [-0.25, -0.2) is 4.39 Å². The molecule has 0 amide bonds. The molecule has 1 aromatic rings. The van der Waals surface area contributed by atoms with Crippen LogP contribution in [0.4, 0.5) is 17.6 Å². The summed E-state index contributed by atoms with van der Waals surface area (Å²) in [6.45, 7) is 0. The highest BCUT2D eigenvalue weighted by Gasteiger charge is 2.34. The van der Waals surface area contributed by atoms with E-state index in [-0.39, 0.29) is 6.16 Å². The Bertz CT molecular complexity index is 579. The highest BCUT2D eigenvalue weighted by Crippen LogP contribution is 2.46. The van der Waals surface area contributed by atoms with Crippen LogP contribution in [0.15, 0.2) is 18.2 Å². The topological polar surface area (TPSA) is 61.8 Å². The SMILES string of the molecule is COP(=O)(CCC(=O)Oc1ccc(F)c(C(F)(F)F)c1)OC. The summed E-state index contributed by atoms with van der Waals surface area (Å²) in [4.78, 5) is 11.5. The van der Waals surface area contributed by atoms with Crippen molar-refractivity contribution in [3.05, 3.63) is 29.6 Å². The van der Waals surface area contributed by atoms with Gasteiger partial charge in [0.25, 0.3) is 0 Å². The van der Waals surface area contributed by atoms with E-state index in [1.807, 2.05) is 0 Å². The van der Waals surface area contributed by atoms with Gasteiger partial charge in [-0.3, -0.25) is 9.36 Å². The summed E-state index contributed by atoms with van der Waals surface area (Å²) in [5, 5.41) is 0. The molecule has 5 nitrogen and oxygen atoms in total. The Morgan fingerprint density at radius 2 is 1.82 bits per heavy atom. The smallest absolute Gasteiger partial charge is 0.419 e. The number of hydrogen-bond donors (Lipinski definition) is 0. The molecule has 1 rings (SSSR count). The van der Waals surface area contributed by atoms with Gasteiger partial charge in [0.1, 0.15) is 11.6 Å². The lowest BCUT2D eigenvalue weighted by molar-refractivity contribution is -0.141. The largest absolute Gasteiger partial charge is 0.426 e. The molecule has 0 aliphatic heterocycles. The minimum atomic E-state index is -4.91. The number of alkyl halides is 3. The van der Waals surface area contributed by atoms with E-state index in [1.54, 1.807) is 0 Å². The molecule has 0 unspecified atom stereocenters.